The quantitative estimate of drug-likeness (QED) is 0.723. The predicted octanol–water partition coefficient (Wildman–Crippen LogP) is 2.10. The smallest absolute Gasteiger partial charge is 0.199 e. The molecule has 0 saturated heterocycles. The van der Waals surface area contributed by atoms with E-state index in [1.807, 2.05) is 0 Å². The van der Waals surface area contributed by atoms with Gasteiger partial charge in [-0.2, -0.15) is 5.10 Å². The van der Waals surface area contributed by atoms with Crippen molar-refractivity contribution in [3.63, 3.8) is 0 Å². The third-order valence-electron chi connectivity index (χ3n) is 2.34. The summed E-state index contributed by atoms with van der Waals surface area (Å²) in [6.07, 6.45) is 3.00. The number of hydrogen-bond acceptors (Lipinski definition) is 2. The molecule has 82 valence electrons. The summed E-state index contributed by atoms with van der Waals surface area (Å²) in [5.41, 5.74) is 1.27. The second kappa shape index (κ2) is 3.89. The molecule has 0 spiro atoms. The summed E-state index contributed by atoms with van der Waals surface area (Å²) in [5.74, 6) is -0.834. The van der Waals surface area contributed by atoms with E-state index in [-0.39, 0.29) is 11.3 Å². The lowest BCUT2D eigenvalue weighted by atomic mass is 10.0. The van der Waals surface area contributed by atoms with Gasteiger partial charge in [0, 0.05) is 13.2 Å². The van der Waals surface area contributed by atoms with E-state index in [0.717, 1.165) is 5.56 Å². The van der Waals surface area contributed by atoms with Crippen LogP contribution in [-0.4, -0.2) is 15.6 Å². The average Bonchev–Trinajstić information content (AvgIpc) is 2.64. The van der Waals surface area contributed by atoms with Crippen molar-refractivity contribution in [2.75, 3.05) is 0 Å². The topological polar surface area (TPSA) is 34.9 Å². The molecule has 0 saturated carbocycles. The number of benzene rings is 1. The summed E-state index contributed by atoms with van der Waals surface area (Å²) >= 11 is 0. The van der Waals surface area contributed by atoms with Gasteiger partial charge in [0.25, 0.3) is 0 Å². The summed E-state index contributed by atoms with van der Waals surface area (Å²) < 4.78 is 15.1. The van der Waals surface area contributed by atoms with Gasteiger partial charge in [-0.15, -0.1) is 0 Å². The maximum absolute atomic E-state index is 13.5. The molecular formula is C12H11FN2O. The minimum atomic E-state index is -0.492. The van der Waals surface area contributed by atoms with Crippen molar-refractivity contribution in [2.24, 2.45) is 7.05 Å². The van der Waals surface area contributed by atoms with Gasteiger partial charge in [-0.1, -0.05) is 6.07 Å². The Morgan fingerprint density at radius 3 is 2.75 bits per heavy atom. The molecule has 4 heteroatoms. The van der Waals surface area contributed by atoms with Gasteiger partial charge in [-0.25, -0.2) is 4.39 Å². The molecule has 0 N–H and O–H groups in total. The Bertz CT molecular complexity index is 546. The molecule has 3 nitrogen and oxygen atoms in total. The number of ketones is 1. The van der Waals surface area contributed by atoms with Gasteiger partial charge in [0.15, 0.2) is 5.78 Å². The van der Waals surface area contributed by atoms with Crippen molar-refractivity contribution in [1.82, 2.24) is 9.78 Å². The molecule has 16 heavy (non-hydrogen) atoms. The average molecular weight is 218 g/mol. The molecule has 0 aliphatic carbocycles. The van der Waals surface area contributed by atoms with Crippen LogP contribution in [0.5, 0.6) is 0 Å². The zero-order chi connectivity index (χ0) is 11.7. The second-order valence-corrected chi connectivity index (χ2v) is 3.72. The molecule has 0 radical (unpaired) electrons. The number of halogens is 1. The second-order valence-electron chi connectivity index (χ2n) is 3.72. The summed E-state index contributed by atoms with van der Waals surface area (Å²) in [6.45, 7) is 1.78. The predicted molar refractivity (Wildman–Crippen MR) is 57.8 cm³/mol. The Balaban J connectivity index is 2.41. The first-order valence-corrected chi connectivity index (χ1v) is 4.87. The molecule has 0 amide bonds. The molecule has 0 unspecified atom stereocenters. The lowest BCUT2D eigenvalue weighted by molar-refractivity contribution is 0.103. The number of aromatic nitrogens is 2. The highest BCUT2D eigenvalue weighted by Gasteiger charge is 2.15. The van der Waals surface area contributed by atoms with E-state index >= 15 is 0 Å². The van der Waals surface area contributed by atoms with Crippen LogP contribution in [0, 0.1) is 12.7 Å². The maximum atomic E-state index is 13.5. The van der Waals surface area contributed by atoms with Crippen LogP contribution in [0.3, 0.4) is 0 Å². The van der Waals surface area contributed by atoms with Crippen molar-refractivity contribution in [3.05, 3.63) is 53.1 Å². The molecular weight excluding hydrogens is 207 g/mol. The highest BCUT2D eigenvalue weighted by Crippen LogP contribution is 2.14. The Morgan fingerprint density at radius 1 is 1.44 bits per heavy atom. The Hall–Kier alpha value is -1.97. The first-order valence-electron chi connectivity index (χ1n) is 4.87. The fourth-order valence-corrected chi connectivity index (χ4v) is 1.50. The van der Waals surface area contributed by atoms with Crippen molar-refractivity contribution in [1.29, 1.82) is 0 Å². The number of rotatable bonds is 2. The Labute approximate surface area is 92.5 Å². The minimum absolute atomic E-state index is 0.0820. The van der Waals surface area contributed by atoms with Crippen molar-refractivity contribution in [3.8, 4) is 0 Å². The van der Waals surface area contributed by atoms with Gasteiger partial charge < -0.3 is 0 Å². The lowest BCUT2D eigenvalue weighted by Crippen LogP contribution is -2.03. The third kappa shape index (κ3) is 1.86. The van der Waals surface area contributed by atoms with E-state index in [1.54, 1.807) is 26.2 Å². The van der Waals surface area contributed by atoms with Gasteiger partial charge >= 0.3 is 0 Å². The van der Waals surface area contributed by atoms with Crippen LogP contribution in [0.2, 0.25) is 0 Å². The molecule has 0 fully saturated rings. The first-order chi connectivity index (χ1) is 7.58. The summed E-state index contributed by atoms with van der Waals surface area (Å²) in [5, 5.41) is 3.88. The van der Waals surface area contributed by atoms with Crippen LogP contribution < -0.4 is 0 Å². The van der Waals surface area contributed by atoms with Crippen LogP contribution in [0.1, 0.15) is 21.5 Å². The van der Waals surface area contributed by atoms with Crippen LogP contribution in [0.25, 0.3) is 0 Å². The molecule has 1 aromatic carbocycles. The van der Waals surface area contributed by atoms with Crippen LogP contribution >= 0.6 is 0 Å². The SMILES string of the molecule is Cc1ccc(C(=O)c2cnn(C)c2)c(F)c1. The van der Waals surface area contributed by atoms with Gasteiger partial charge in [0.05, 0.1) is 17.3 Å². The van der Waals surface area contributed by atoms with E-state index in [9.17, 15) is 9.18 Å². The lowest BCUT2D eigenvalue weighted by Gasteiger charge is -2.01. The number of aryl methyl sites for hydroxylation is 2. The van der Waals surface area contributed by atoms with Crippen molar-refractivity contribution < 1.29 is 9.18 Å². The number of carbonyl (C=O) groups excluding carboxylic acids is 1. The minimum Gasteiger partial charge on any atom is -0.288 e. The normalized spacial score (nSPS) is 10.4. The zero-order valence-electron chi connectivity index (χ0n) is 9.07. The van der Waals surface area contributed by atoms with Gasteiger partial charge in [-0.3, -0.25) is 9.48 Å². The van der Waals surface area contributed by atoms with E-state index in [0.29, 0.717) is 5.56 Å². The molecule has 2 aromatic rings. The number of hydrogen-bond donors (Lipinski definition) is 0. The van der Waals surface area contributed by atoms with E-state index in [1.165, 1.54) is 23.0 Å². The summed E-state index contributed by atoms with van der Waals surface area (Å²) in [6, 6.07) is 4.57. The van der Waals surface area contributed by atoms with Crippen LogP contribution in [-0.2, 0) is 7.05 Å². The molecule has 0 aliphatic rings. The Kier molecular flexibility index (Phi) is 2.56. The van der Waals surface area contributed by atoms with Gasteiger partial charge in [-0.05, 0) is 24.6 Å². The fraction of sp³-hybridized carbons (Fsp3) is 0.167. The Morgan fingerprint density at radius 2 is 2.19 bits per heavy atom. The monoisotopic (exact) mass is 218 g/mol. The van der Waals surface area contributed by atoms with Crippen LogP contribution in [0.15, 0.2) is 30.6 Å². The summed E-state index contributed by atoms with van der Waals surface area (Å²) in [7, 11) is 1.71. The number of carbonyl (C=O) groups is 1. The van der Waals surface area contributed by atoms with Crippen molar-refractivity contribution >= 4 is 5.78 Å². The highest BCUT2D eigenvalue weighted by molar-refractivity contribution is 6.08. The maximum Gasteiger partial charge on any atom is 0.199 e. The molecule has 1 aromatic heterocycles. The van der Waals surface area contributed by atoms with Gasteiger partial charge in [0.2, 0.25) is 0 Å². The number of nitrogens with zero attached hydrogens (tertiary/aromatic N) is 2. The molecule has 0 atom stereocenters. The largest absolute Gasteiger partial charge is 0.288 e. The third-order valence-corrected chi connectivity index (χ3v) is 2.34. The zero-order valence-corrected chi connectivity index (χ0v) is 9.07. The standard InChI is InChI=1S/C12H11FN2O/c1-8-3-4-10(11(13)5-8)12(16)9-6-14-15(2)7-9/h3-7H,1-2H3. The summed E-state index contributed by atoms with van der Waals surface area (Å²) in [4.78, 5) is 11.9. The fourth-order valence-electron chi connectivity index (χ4n) is 1.50. The first kappa shape index (κ1) is 10.5. The highest BCUT2D eigenvalue weighted by atomic mass is 19.1. The molecule has 2 rings (SSSR count). The molecule has 0 bridgehead atoms. The van der Waals surface area contributed by atoms with E-state index in [4.69, 9.17) is 0 Å². The van der Waals surface area contributed by atoms with Crippen LogP contribution in [0.4, 0.5) is 4.39 Å². The van der Waals surface area contributed by atoms with E-state index < -0.39 is 5.82 Å². The van der Waals surface area contributed by atoms with Gasteiger partial charge in [0.1, 0.15) is 5.82 Å². The molecule has 0 aliphatic heterocycles. The molecule has 1 heterocycles. The van der Waals surface area contributed by atoms with Crippen molar-refractivity contribution in [2.45, 2.75) is 6.92 Å². The van der Waals surface area contributed by atoms with E-state index in [2.05, 4.69) is 5.10 Å².